The van der Waals surface area contributed by atoms with Crippen LogP contribution in [0.1, 0.15) is 6.92 Å². The third-order valence-corrected chi connectivity index (χ3v) is 5.68. The summed E-state index contributed by atoms with van der Waals surface area (Å²) in [7, 11) is 4.12. The third-order valence-electron chi connectivity index (χ3n) is 2.29. The van der Waals surface area contributed by atoms with Crippen LogP contribution in [0.3, 0.4) is 0 Å². The van der Waals surface area contributed by atoms with Crippen molar-refractivity contribution in [3.05, 3.63) is 24.8 Å². The molecule has 0 aliphatic rings. The quantitative estimate of drug-likeness (QED) is 0.239. The predicted molar refractivity (Wildman–Crippen MR) is 101 cm³/mol. The fourth-order valence-corrected chi connectivity index (χ4v) is 4.18. The Labute approximate surface area is 155 Å². The second-order valence-electron chi connectivity index (χ2n) is 4.00. The summed E-state index contributed by atoms with van der Waals surface area (Å²) in [5.74, 6) is 1.41. The number of rotatable bonds is 8. The van der Waals surface area contributed by atoms with Crippen LogP contribution >= 0.6 is 31.4 Å². The van der Waals surface area contributed by atoms with E-state index in [4.69, 9.17) is 11.2 Å². The molecule has 0 atom stereocenters. The van der Waals surface area contributed by atoms with Gasteiger partial charge in [-0.25, -0.2) is 24.9 Å². The second-order valence-corrected chi connectivity index (χ2v) is 7.83. The number of carbonyl (C=O) groups excluding carboxylic acids is 1. The first-order chi connectivity index (χ1) is 12.2. The zero-order valence-corrected chi connectivity index (χ0v) is 15.4. The maximum absolute atomic E-state index is 11.0. The highest BCUT2D eigenvalue weighted by Crippen LogP contribution is 2.41. The molecule has 0 unspecified atom stereocenters. The van der Waals surface area contributed by atoms with Crippen LogP contribution in [0, 0.1) is 12.3 Å². The topological polar surface area (TPSA) is 102 Å². The molecule has 2 aromatic rings. The molecule has 0 bridgehead atoms. The number of hydrogen-bond donors (Lipinski definition) is 1. The average molecular weight is 392 g/mol. The predicted octanol–water partition coefficient (Wildman–Crippen LogP) is 2.98. The van der Waals surface area contributed by atoms with Gasteiger partial charge in [0.25, 0.3) is 5.91 Å². The van der Waals surface area contributed by atoms with Gasteiger partial charge < -0.3 is 10.1 Å². The minimum atomic E-state index is -0.542. The fraction of sp³-hybridized carbons (Fsp3) is 0.143. The first-order valence-electron chi connectivity index (χ1n) is 6.78. The number of aliphatic imine (C=N–C) groups is 1. The summed E-state index contributed by atoms with van der Waals surface area (Å²) in [5.41, 5.74) is 1.06. The van der Waals surface area contributed by atoms with Crippen molar-refractivity contribution in [2.24, 2.45) is 4.99 Å². The van der Waals surface area contributed by atoms with Gasteiger partial charge in [-0.05, 0) is 44.3 Å². The number of hydrogen-bond acceptors (Lipinski definition) is 10. The SMILES string of the molecule is C#CC(=O)Nc1cnc(SSSc2ncc(N=COCC)cn2)nc1. The number of amides is 1. The zero-order valence-electron chi connectivity index (χ0n) is 12.9. The highest BCUT2D eigenvalue weighted by Gasteiger charge is 2.04. The molecule has 2 aromatic heterocycles. The van der Waals surface area contributed by atoms with Crippen LogP contribution in [0.2, 0.25) is 0 Å². The minimum Gasteiger partial charge on any atom is -0.483 e. The van der Waals surface area contributed by atoms with Crippen LogP contribution in [0.25, 0.3) is 0 Å². The minimum absolute atomic E-state index is 0.441. The Kier molecular flexibility index (Phi) is 8.03. The Morgan fingerprint density at radius 3 is 2.40 bits per heavy atom. The number of anilines is 1. The lowest BCUT2D eigenvalue weighted by atomic mass is 10.5. The van der Waals surface area contributed by atoms with E-state index in [1.807, 2.05) is 12.8 Å². The molecule has 0 radical (unpaired) electrons. The average Bonchev–Trinajstić information content (AvgIpc) is 2.64. The Balaban J connectivity index is 1.78. The van der Waals surface area contributed by atoms with Gasteiger partial charge in [-0.2, -0.15) is 0 Å². The summed E-state index contributed by atoms with van der Waals surface area (Å²) in [4.78, 5) is 31.7. The van der Waals surface area contributed by atoms with Crippen molar-refractivity contribution in [1.29, 1.82) is 0 Å². The molecule has 2 rings (SSSR count). The standard InChI is InChI=1S/C14H12N6O2S3/c1-3-12(21)20-11-7-17-14(18-8-11)24-25-23-13-15-5-10(6-16-13)19-9-22-4-2/h1,5-9H,4H2,2H3,(H,20,21). The van der Waals surface area contributed by atoms with E-state index in [0.29, 0.717) is 28.3 Å². The number of aromatic nitrogens is 4. The van der Waals surface area contributed by atoms with E-state index in [-0.39, 0.29) is 0 Å². The Hall–Kier alpha value is -2.29. The molecule has 128 valence electrons. The number of ether oxygens (including phenoxy) is 1. The molecule has 8 nitrogen and oxygen atoms in total. The molecule has 1 N–H and O–H groups in total. The highest BCUT2D eigenvalue weighted by atomic mass is 33.5. The maximum Gasteiger partial charge on any atom is 0.300 e. The van der Waals surface area contributed by atoms with Crippen LogP contribution in [0.4, 0.5) is 11.4 Å². The van der Waals surface area contributed by atoms with Crippen molar-refractivity contribution in [2.75, 3.05) is 11.9 Å². The maximum atomic E-state index is 11.0. The van der Waals surface area contributed by atoms with Gasteiger partial charge in [0.2, 0.25) is 0 Å². The number of terminal acetylenes is 1. The third kappa shape index (κ3) is 7.00. The van der Waals surface area contributed by atoms with Crippen LogP contribution < -0.4 is 5.32 Å². The van der Waals surface area contributed by atoms with E-state index < -0.39 is 5.91 Å². The molecular weight excluding hydrogens is 380 g/mol. The zero-order chi connectivity index (χ0) is 17.9. The van der Waals surface area contributed by atoms with E-state index in [1.165, 1.54) is 50.2 Å². The van der Waals surface area contributed by atoms with Crippen molar-refractivity contribution in [1.82, 2.24) is 19.9 Å². The van der Waals surface area contributed by atoms with Crippen LogP contribution in [0.5, 0.6) is 0 Å². The van der Waals surface area contributed by atoms with Gasteiger partial charge >= 0.3 is 0 Å². The first-order valence-corrected chi connectivity index (χ1v) is 10.3. The van der Waals surface area contributed by atoms with Crippen LogP contribution in [-0.4, -0.2) is 38.9 Å². The summed E-state index contributed by atoms with van der Waals surface area (Å²) in [6.45, 7) is 2.44. The molecule has 11 heteroatoms. The Morgan fingerprint density at radius 2 is 1.84 bits per heavy atom. The summed E-state index contributed by atoms with van der Waals surface area (Å²) in [6, 6.07) is 0. The van der Waals surface area contributed by atoms with Gasteiger partial charge in [-0.15, -0.1) is 6.42 Å². The lowest BCUT2D eigenvalue weighted by Crippen LogP contribution is -2.08. The molecule has 25 heavy (non-hydrogen) atoms. The highest BCUT2D eigenvalue weighted by molar-refractivity contribution is 9.09. The number of nitrogens with one attached hydrogen (secondary N) is 1. The molecule has 0 fully saturated rings. The molecular formula is C14H12N6O2S3. The number of carbonyl (C=O) groups is 1. The van der Waals surface area contributed by atoms with Crippen molar-refractivity contribution in [3.8, 4) is 12.3 Å². The molecule has 1 amide bonds. The lowest BCUT2D eigenvalue weighted by Gasteiger charge is -2.01. The number of nitrogens with zero attached hydrogens (tertiary/aromatic N) is 5. The van der Waals surface area contributed by atoms with Gasteiger partial charge in [0.05, 0.1) is 37.1 Å². The van der Waals surface area contributed by atoms with Crippen molar-refractivity contribution < 1.29 is 9.53 Å². The normalized spacial score (nSPS) is 10.4. The van der Waals surface area contributed by atoms with Gasteiger partial charge in [-0.3, -0.25) is 4.79 Å². The first kappa shape index (κ1) is 19.0. The van der Waals surface area contributed by atoms with Gasteiger partial charge in [0.1, 0.15) is 5.69 Å². The van der Waals surface area contributed by atoms with E-state index >= 15 is 0 Å². The monoisotopic (exact) mass is 392 g/mol. The van der Waals surface area contributed by atoms with Crippen molar-refractivity contribution in [2.45, 2.75) is 17.2 Å². The smallest absolute Gasteiger partial charge is 0.300 e. The van der Waals surface area contributed by atoms with Crippen molar-refractivity contribution in [3.63, 3.8) is 0 Å². The molecule has 0 saturated carbocycles. The van der Waals surface area contributed by atoms with Crippen LogP contribution in [0.15, 0.2) is 40.1 Å². The molecule has 0 aliphatic carbocycles. The second kappa shape index (κ2) is 10.5. The Bertz CT molecular complexity index is 762. The van der Waals surface area contributed by atoms with E-state index in [2.05, 4.69) is 30.2 Å². The van der Waals surface area contributed by atoms with Gasteiger partial charge in [-0.1, -0.05) is 0 Å². The fourth-order valence-electron chi connectivity index (χ4n) is 1.26. The molecule has 2 heterocycles. The van der Waals surface area contributed by atoms with Crippen molar-refractivity contribution >= 4 is 55.1 Å². The summed E-state index contributed by atoms with van der Waals surface area (Å²) in [5, 5.41) is 3.59. The molecule has 0 spiro atoms. The summed E-state index contributed by atoms with van der Waals surface area (Å²) >= 11 is 0. The van der Waals surface area contributed by atoms with E-state index in [0.717, 1.165) is 0 Å². The molecule has 0 aliphatic heterocycles. The van der Waals surface area contributed by atoms with Gasteiger partial charge in [0.15, 0.2) is 16.7 Å². The van der Waals surface area contributed by atoms with E-state index in [1.54, 1.807) is 12.4 Å². The summed E-state index contributed by atoms with van der Waals surface area (Å²) in [6.07, 6.45) is 12.5. The van der Waals surface area contributed by atoms with E-state index in [9.17, 15) is 4.79 Å². The molecule has 0 aromatic carbocycles. The van der Waals surface area contributed by atoms with Gasteiger partial charge in [0, 0.05) is 0 Å². The Morgan fingerprint density at radius 1 is 1.24 bits per heavy atom. The van der Waals surface area contributed by atoms with Crippen LogP contribution in [-0.2, 0) is 9.53 Å². The summed E-state index contributed by atoms with van der Waals surface area (Å²) < 4.78 is 5.01. The largest absolute Gasteiger partial charge is 0.483 e. The lowest BCUT2D eigenvalue weighted by molar-refractivity contribution is -0.111. The molecule has 0 saturated heterocycles.